The van der Waals surface area contributed by atoms with Crippen LogP contribution in [-0.4, -0.2) is 24.6 Å². The number of hydrogen-bond acceptors (Lipinski definition) is 3. The standard InChI is InChI=1S/C17H22NO3/c1-12-11-16(20)18(3,17(12)21)15-9-7-14(8-10-15)6-4-5-13(2)19/h7-10,12H,4-6,11H2,1-3H3/q+1. The van der Waals surface area contributed by atoms with Crippen LogP contribution in [0.1, 0.15) is 38.7 Å². The SMILES string of the molecule is CC(=O)CCCc1ccc([N+]2(C)C(=O)CC(C)C2=O)cc1. The second-order valence-electron chi connectivity index (χ2n) is 6.07. The molecule has 4 heteroatoms. The van der Waals surface area contributed by atoms with Gasteiger partial charge in [0.05, 0.1) is 19.4 Å². The minimum Gasteiger partial charge on any atom is -0.300 e. The average Bonchev–Trinajstić information content (AvgIpc) is 2.64. The highest BCUT2D eigenvalue weighted by molar-refractivity contribution is 6.14. The molecule has 2 atom stereocenters. The minimum atomic E-state index is -0.227. The van der Waals surface area contributed by atoms with Crippen LogP contribution < -0.4 is 4.48 Å². The first-order valence-corrected chi connectivity index (χ1v) is 7.39. The fourth-order valence-corrected chi connectivity index (χ4v) is 2.87. The van der Waals surface area contributed by atoms with Gasteiger partial charge < -0.3 is 4.79 Å². The van der Waals surface area contributed by atoms with E-state index in [4.69, 9.17) is 0 Å². The number of aryl methyl sites for hydroxylation is 1. The number of carbonyl (C=O) groups excluding carboxylic acids is 3. The van der Waals surface area contributed by atoms with Crippen LogP contribution in [0.3, 0.4) is 0 Å². The molecule has 0 spiro atoms. The number of rotatable bonds is 5. The fourth-order valence-electron chi connectivity index (χ4n) is 2.87. The van der Waals surface area contributed by atoms with Crippen LogP contribution in [0.2, 0.25) is 0 Å². The predicted molar refractivity (Wildman–Crippen MR) is 81.6 cm³/mol. The van der Waals surface area contributed by atoms with E-state index in [-0.39, 0.29) is 28.0 Å². The molecule has 0 aromatic heterocycles. The molecular weight excluding hydrogens is 266 g/mol. The highest BCUT2D eigenvalue weighted by Crippen LogP contribution is 2.32. The van der Waals surface area contributed by atoms with Gasteiger partial charge >= 0.3 is 11.8 Å². The van der Waals surface area contributed by atoms with Gasteiger partial charge in [-0.1, -0.05) is 12.1 Å². The molecule has 2 unspecified atom stereocenters. The molecule has 2 amide bonds. The Morgan fingerprint density at radius 1 is 1.24 bits per heavy atom. The van der Waals surface area contributed by atoms with Gasteiger partial charge in [-0.05, 0) is 32.3 Å². The summed E-state index contributed by atoms with van der Waals surface area (Å²) < 4.78 is -0.227. The summed E-state index contributed by atoms with van der Waals surface area (Å²) >= 11 is 0. The normalized spacial score (nSPS) is 25.4. The van der Waals surface area contributed by atoms with E-state index in [1.54, 1.807) is 20.9 Å². The summed E-state index contributed by atoms with van der Waals surface area (Å²) in [5.74, 6) is -0.0918. The van der Waals surface area contributed by atoms with E-state index >= 15 is 0 Å². The van der Waals surface area contributed by atoms with Gasteiger partial charge in [0.25, 0.3) is 0 Å². The van der Waals surface area contributed by atoms with Crippen molar-refractivity contribution >= 4 is 23.3 Å². The molecule has 0 bridgehead atoms. The highest BCUT2D eigenvalue weighted by atomic mass is 16.2. The molecule has 2 rings (SSSR count). The Labute approximate surface area is 125 Å². The summed E-state index contributed by atoms with van der Waals surface area (Å²) in [5, 5.41) is 0. The van der Waals surface area contributed by atoms with Gasteiger partial charge in [-0.3, -0.25) is 0 Å². The van der Waals surface area contributed by atoms with Crippen LogP contribution in [-0.2, 0) is 20.8 Å². The smallest absolute Gasteiger partial charge is 0.300 e. The predicted octanol–water partition coefficient (Wildman–Crippen LogP) is 2.63. The molecule has 0 N–H and O–H groups in total. The molecule has 0 radical (unpaired) electrons. The van der Waals surface area contributed by atoms with Crippen molar-refractivity contribution in [1.29, 1.82) is 0 Å². The Morgan fingerprint density at radius 3 is 2.33 bits per heavy atom. The Morgan fingerprint density at radius 2 is 1.86 bits per heavy atom. The van der Waals surface area contributed by atoms with Crippen LogP contribution in [0.25, 0.3) is 0 Å². The summed E-state index contributed by atoms with van der Waals surface area (Å²) in [6.45, 7) is 3.40. The van der Waals surface area contributed by atoms with Crippen LogP contribution >= 0.6 is 0 Å². The van der Waals surface area contributed by atoms with Crippen molar-refractivity contribution in [1.82, 2.24) is 4.48 Å². The number of amides is 2. The zero-order valence-electron chi connectivity index (χ0n) is 12.9. The van der Waals surface area contributed by atoms with Gasteiger partial charge in [0.2, 0.25) is 0 Å². The number of imide groups is 1. The number of Topliss-reactive ketones (excluding diaryl/α,β-unsaturated/α-hetero) is 1. The zero-order valence-corrected chi connectivity index (χ0v) is 12.9. The number of likely N-dealkylation sites (tertiary alicyclic amines) is 1. The maximum absolute atomic E-state index is 12.3. The maximum atomic E-state index is 12.3. The lowest BCUT2D eigenvalue weighted by Crippen LogP contribution is -2.50. The molecule has 1 aliphatic heterocycles. The second-order valence-corrected chi connectivity index (χ2v) is 6.07. The topological polar surface area (TPSA) is 51.2 Å². The molecule has 21 heavy (non-hydrogen) atoms. The summed E-state index contributed by atoms with van der Waals surface area (Å²) in [6.07, 6.45) is 2.57. The van der Waals surface area contributed by atoms with E-state index in [2.05, 4.69) is 0 Å². The first kappa shape index (κ1) is 15.6. The van der Waals surface area contributed by atoms with E-state index < -0.39 is 0 Å². The van der Waals surface area contributed by atoms with E-state index in [1.807, 2.05) is 24.3 Å². The Bertz CT molecular complexity index is 576. The lowest BCUT2D eigenvalue weighted by molar-refractivity contribution is -0.136. The van der Waals surface area contributed by atoms with Crippen molar-refractivity contribution < 1.29 is 14.4 Å². The quantitative estimate of drug-likeness (QED) is 0.618. The fraction of sp³-hybridized carbons (Fsp3) is 0.471. The number of ketones is 1. The monoisotopic (exact) mass is 288 g/mol. The third-order valence-electron chi connectivity index (χ3n) is 4.29. The summed E-state index contributed by atoms with van der Waals surface area (Å²) in [5.41, 5.74) is 1.85. The van der Waals surface area contributed by atoms with E-state index in [0.29, 0.717) is 12.8 Å². The lowest BCUT2D eigenvalue weighted by atomic mass is 10.1. The summed E-state index contributed by atoms with van der Waals surface area (Å²) in [4.78, 5) is 35.4. The Balaban J connectivity index is 2.13. The van der Waals surface area contributed by atoms with Crippen molar-refractivity contribution in [3.05, 3.63) is 29.8 Å². The van der Waals surface area contributed by atoms with Gasteiger partial charge in [0.1, 0.15) is 11.5 Å². The van der Waals surface area contributed by atoms with E-state index in [9.17, 15) is 14.4 Å². The van der Waals surface area contributed by atoms with Crippen LogP contribution in [0.4, 0.5) is 5.69 Å². The minimum absolute atomic E-state index is 0.0377. The Hall–Kier alpha value is -1.81. The molecule has 0 saturated carbocycles. The van der Waals surface area contributed by atoms with Crippen molar-refractivity contribution in [3.8, 4) is 0 Å². The van der Waals surface area contributed by atoms with Crippen molar-refractivity contribution in [2.24, 2.45) is 5.92 Å². The number of hydrogen-bond donors (Lipinski definition) is 0. The van der Waals surface area contributed by atoms with Gasteiger partial charge in [-0.15, -0.1) is 0 Å². The third-order valence-corrected chi connectivity index (χ3v) is 4.29. The molecule has 1 heterocycles. The van der Waals surface area contributed by atoms with Crippen molar-refractivity contribution in [2.45, 2.75) is 39.5 Å². The summed E-state index contributed by atoms with van der Waals surface area (Å²) in [7, 11) is 1.68. The molecular formula is C17H22NO3+. The number of quaternary nitrogens is 1. The second kappa shape index (κ2) is 5.90. The maximum Gasteiger partial charge on any atom is 0.329 e. The zero-order chi connectivity index (χ0) is 15.6. The van der Waals surface area contributed by atoms with Crippen LogP contribution in [0.5, 0.6) is 0 Å². The largest absolute Gasteiger partial charge is 0.329 e. The molecule has 1 aromatic rings. The molecule has 112 valence electrons. The van der Waals surface area contributed by atoms with Crippen molar-refractivity contribution in [3.63, 3.8) is 0 Å². The van der Waals surface area contributed by atoms with Gasteiger partial charge in [-0.2, -0.15) is 4.48 Å². The third kappa shape index (κ3) is 2.95. The molecule has 0 aliphatic carbocycles. The molecule has 1 fully saturated rings. The van der Waals surface area contributed by atoms with Crippen LogP contribution in [0.15, 0.2) is 24.3 Å². The van der Waals surface area contributed by atoms with Crippen LogP contribution in [0, 0.1) is 5.92 Å². The van der Waals surface area contributed by atoms with E-state index in [0.717, 1.165) is 24.1 Å². The lowest BCUT2D eigenvalue weighted by Gasteiger charge is -2.23. The van der Waals surface area contributed by atoms with Gasteiger partial charge in [0.15, 0.2) is 0 Å². The Kier molecular flexibility index (Phi) is 4.37. The number of benzene rings is 1. The highest BCUT2D eigenvalue weighted by Gasteiger charge is 2.52. The van der Waals surface area contributed by atoms with Gasteiger partial charge in [-0.25, -0.2) is 9.59 Å². The molecule has 1 saturated heterocycles. The number of nitrogens with zero attached hydrogens (tertiary/aromatic N) is 1. The van der Waals surface area contributed by atoms with Crippen molar-refractivity contribution in [2.75, 3.05) is 7.05 Å². The first-order valence-electron chi connectivity index (χ1n) is 7.39. The number of carbonyl (C=O) groups is 3. The average molecular weight is 288 g/mol. The molecule has 4 nitrogen and oxygen atoms in total. The molecule has 1 aliphatic rings. The van der Waals surface area contributed by atoms with E-state index in [1.165, 1.54) is 0 Å². The first-order chi connectivity index (χ1) is 9.85. The van der Waals surface area contributed by atoms with Gasteiger partial charge in [0, 0.05) is 18.6 Å². The molecule has 1 aromatic carbocycles. The summed E-state index contributed by atoms with van der Waals surface area (Å²) in [6, 6.07) is 7.61.